The number of amides is 3. The molecule has 12 nitrogen and oxygen atoms in total. The van der Waals surface area contributed by atoms with Crippen molar-refractivity contribution in [2.24, 2.45) is 27.3 Å². The third-order valence-electron chi connectivity index (χ3n) is 6.47. The number of nitrogens with one attached hydrogen (secondary N) is 3. The van der Waals surface area contributed by atoms with Crippen LogP contribution in [0.15, 0.2) is 53.5 Å². The number of carbonyl (C=O) groups is 4. The molecule has 3 amide bonds. The Kier molecular flexibility index (Phi) is 11.9. The van der Waals surface area contributed by atoms with Crippen LogP contribution in [-0.4, -0.2) is 54.0 Å². The first-order valence-corrected chi connectivity index (χ1v) is 13.6. The summed E-state index contributed by atoms with van der Waals surface area (Å²) in [6, 6.07) is 11.4. The monoisotopic (exact) mass is 582 g/mol. The summed E-state index contributed by atoms with van der Waals surface area (Å²) in [5.41, 5.74) is 11.8. The molecule has 0 fully saturated rings. The molecule has 0 saturated carbocycles. The predicted molar refractivity (Wildman–Crippen MR) is 161 cm³/mol. The van der Waals surface area contributed by atoms with Crippen LogP contribution in [0.1, 0.15) is 64.2 Å². The summed E-state index contributed by atoms with van der Waals surface area (Å²) in [5, 5.41) is 16.7. The average molecular weight is 583 g/mol. The molecule has 2 aromatic carbocycles. The van der Waals surface area contributed by atoms with Gasteiger partial charge in [-0.25, -0.2) is 4.99 Å². The van der Waals surface area contributed by atoms with Crippen LogP contribution in [0.2, 0.25) is 0 Å². The molecule has 2 rings (SSSR count). The van der Waals surface area contributed by atoms with Gasteiger partial charge in [-0.15, -0.1) is 0 Å². The van der Waals surface area contributed by atoms with Crippen molar-refractivity contribution in [2.45, 2.75) is 59.9 Å². The molecule has 0 aliphatic carbocycles. The molecule has 2 aromatic rings. The van der Waals surface area contributed by atoms with Gasteiger partial charge < -0.3 is 37.3 Å². The van der Waals surface area contributed by atoms with Gasteiger partial charge in [-0.3, -0.25) is 19.2 Å². The predicted octanol–water partition coefficient (Wildman–Crippen LogP) is 3.15. The zero-order chi connectivity index (χ0) is 31.5. The molecule has 0 aromatic heterocycles. The van der Waals surface area contributed by atoms with Crippen LogP contribution in [-0.2, 0) is 14.4 Å². The number of hydrogen-bond acceptors (Lipinski definition) is 6. The average Bonchev–Trinajstić information content (AvgIpc) is 2.90. The minimum Gasteiger partial charge on any atom is -0.493 e. The SMILES string of the molecule is CCC(C)(C)CC(C)(C)COc1ccc(NC(=O)[C@H](CC(=O)O)NC(=O)CNC(=O)c2cccc(N=C(N)N)c2)cc1. The lowest BCUT2D eigenvalue weighted by Crippen LogP contribution is -2.48. The number of hydrogen-bond donors (Lipinski definition) is 6. The van der Waals surface area contributed by atoms with E-state index in [-0.39, 0.29) is 22.4 Å². The minimum atomic E-state index is -1.38. The van der Waals surface area contributed by atoms with Crippen LogP contribution in [0.3, 0.4) is 0 Å². The zero-order valence-electron chi connectivity index (χ0n) is 24.8. The molecule has 8 N–H and O–H groups in total. The van der Waals surface area contributed by atoms with Gasteiger partial charge in [0.15, 0.2) is 5.96 Å². The summed E-state index contributed by atoms with van der Waals surface area (Å²) in [6.45, 7) is 11.0. The molecule has 0 bridgehead atoms. The maximum Gasteiger partial charge on any atom is 0.305 e. The van der Waals surface area contributed by atoms with E-state index in [0.29, 0.717) is 23.7 Å². The second-order valence-electron chi connectivity index (χ2n) is 11.6. The number of rotatable bonds is 15. The van der Waals surface area contributed by atoms with Crippen LogP contribution in [0.4, 0.5) is 11.4 Å². The molecule has 12 heteroatoms. The highest BCUT2D eigenvalue weighted by molar-refractivity contribution is 6.00. The van der Waals surface area contributed by atoms with Gasteiger partial charge in [-0.2, -0.15) is 0 Å². The van der Waals surface area contributed by atoms with Gasteiger partial charge in [0.25, 0.3) is 5.91 Å². The maximum atomic E-state index is 12.8. The molecule has 0 aliphatic rings. The summed E-state index contributed by atoms with van der Waals surface area (Å²) in [5.74, 6) is -2.89. The summed E-state index contributed by atoms with van der Waals surface area (Å²) < 4.78 is 5.98. The highest BCUT2D eigenvalue weighted by Gasteiger charge is 2.28. The van der Waals surface area contributed by atoms with E-state index in [1.165, 1.54) is 12.1 Å². The van der Waals surface area contributed by atoms with E-state index in [1.54, 1.807) is 36.4 Å². The number of guanidine groups is 1. The topological polar surface area (TPSA) is 198 Å². The van der Waals surface area contributed by atoms with E-state index in [9.17, 15) is 24.3 Å². The smallest absolute Gasteiger partial charge is 0.305 e. The van der Waals surface area contributed by atoms with Crippen LogP contribution in [0.25, 0.3) is 0 Å². The lowest BCUT2D eigenvalue weighted by molar-refractivity contribution is -0.139. The van der Waals surface area contributed by atoms with Crippen LogP contribution in [0, 0.1) is 10.8 Å². The van der Waals surface area contributed by atoms with E-state index in [1.807, 2.05) is 0 Å². The maximum absolute atomic E-state index is 12.8. The van der Waals surface area contributed by atoms with Crippen LogP contribution < -0.4 is 32.2 Å². The van der Waals surface area contributed by atoms with Gasteiger partial charge in [-0.1, -0.05) is 47.1 Å². The second-order valence-corrected chi connectivity index (χ2v) is 11.6. The van der Waals surface area contributed by atoms with E-state index in [4.69, 9.17) is 16.2 Å². The molecule has 0 saturated heterocycles. The third kappa shape index (κ3) is 11.9. The summed E-state index contributed by atoms with van der Waals surface area (Å²) in [7, 11) is 0. The fourth-order valence-corrected chi connectivity index (χ4v) is 4.37. The fourth-order valence-electron chi connectivity index (χ4n) is 4.37. The quantitative estimate of drug-likeness (QED) is 0.136. The Morgan fingerprint density at radius 3 is 2.26 bits per heavy atom. The molecular weight excluding hydrogens is 540 g/mol. The number of carboxylic acids is 1. The molecular formula is C30H42N6O6. The van der Waals surface area contributed by atoms with Crippen LogP contribution in [0.5, 0.6) is 5.75 Å². The van der Waals surface area contributed by atoms with Crippen molar-refractivity contribution >= 4 is 41.0 Å². The van der Waals surface area contributed by atoms with Crippen molar-refractivity contribution in [1.29, 1.82) is 0 Å². The first-order chi connectivity index (χ1) is 19.6. The van der Waals surface area contributed by atoms with Crippen molar-refractivity contribution in [1.82, 2.24) is 10.6 Å². The number of ether oxygens (including phenoxy) is 1. The number of nitrogens with zero attached hydrogens (tertiary/aromatic N) is 1. The second kappa shape index (κ2) is 14.9. The number of benzene rings is 2. The Morgan fingerprint density at radius 1 is 1.00 bits per heavy atom. The summed E-state index contributed by atoms with van der Waals surface area (Å²) in [6.07, 6.45) is 1.41. The third-order valence-corrected chi connectivity index (χ3v) is 6.47. The number of aliphatic imine (C=N–C) groups is 1. The number of carboxylic acid groups (broad SMARTS) is 1. The Bertz CT molecular complexity index is 1290. The van der Waals surface area contributed by atoms with Gasteiger partial charge in [0.2, 0.25) is 11.8 Å². The highest BCUT2D eigenvalue weighted by atomic mass is 16.5. The van der Waals surface area contributed by atoms with Gasteiger partial charge in [0.1, 0.15) is 11.8 Å². The van der Waals surface area contributed by atoms with Gasteiger partial charge >= 0.3 is 5.97 Å². The van der Waals surface area contributed by atoms with Gasteiger partial charge in [0.05, 0.1) is 25.3 Å². The summed E-state index contributed by atoms with van der Waals surface area (Å²) in [4.78, 5) is 53.0. The lowest BCUT2D eigenvalue weighted by atomic mass is 9.74. The molecule has 0 radical (unpaired) electrons. The van der Waals surface area contributed by atoms with Crippen LogP contribution >= 0.6 is 0 Å². The van der Waals surface area contributed by atoms with Crippen molar-refractivity contribution < 1.29 is 29.0 Å². The standard InChI is InChI=1S/C30H42N6O6/c1-6-29(2,3)17-30(4,5)18-42-22-12-10-20(11-13-22)34-27(41)23(15-25(38)39)36-24(37)16-33-26(40)19-8-7-9-21(14-19)35-28(31)32/h7-14,23H,6,15-18H2,1-5H3,(H,33,40)(H,34,41)(H,36,37)(H,38,39)(H4,31,32,35)/t23-/m0/s1. The molecule has 42 heavy (non-hydrogen) atoms. The Hall–Kier alpha value is -4.61. The van der Waals surface area contributed by atoms with Crippen molar-refractivity contribution in [3.63, 3.8) is 0 Å². The van der Waals surface area contributed by atoms with Crippen molar-refractivity contribution in [3.05, 3.63) is 54.1 Å². The highest BCUT2D eigenvalue weighted by Crippen LogP contribution is 2.36. The van der Waals surface area contributed by atoms with Crippen molar-refractivity contribution in [3.8, 4) is 5.75 Å². The minimum absolute atomic E-state index is 0.0360. The molecule has 1 atom stereocenters. The lowest BCUT2D eigenvalue weighted by Gasteiger charge is -2.34. The molecule has 0 unspecified atom stereocenters. The molecule has 0 heterocycles. The Balaban J connectivity index is 1.94. The fraction of sp³-hybridized carbons (Fsp3) is 0.433. The van der Waals surface area contributed by atoms with E-state index in [0.717, 1.165) is 12.8 Å². The number of anilines is 1. The van der Waals surface area contributed by atoms with Crippen molar-refractivity contribution in [2.75, 3.05) is 18.5 Å². The van der Waals surface area contributed by atoms with Gasteiger partial charge in [-0.05, 0) is 59.7 Å². The zero-order valence-corrected chi connectivity index (χ0v) is 24.8. The number of nitrogens with two attached hydrogens (primary N) is 2. The number of carbonyl (C=O) groups excluding carboxylic acids is 3. The largest absolute Gasteiger partial charge is 0.493 e. The molecule has 0 aliphatic heterocycles. The Labute approximate surface area is 246 Å². The molecule has 0 spiro atoms. The number of aliphatic carboxylic acids is 1. The van der Waals surface area contributed by atoms with E-state index in [2.05, 4.69) is 55.6 Å². The van der Waals surface area contributed by atoms with E-state index >= 15 is 0 Å². The normalized spacial score (nSPS) is 12.0. The van der Waals surface area contributed by atoms with Gasteiger partial charge in [0, 0.05) is 11.3 Å². The first-order valence-electron chi connectivity index (χ1n) is 13.6. The first kappa shape index (κ1) is 33.6. The van der Waals surface area contributed by atoms with E-state index < -0.39 is 42.7 Å². The molecule has 228 valence electrons. The summed E-state index contributed by atoms with van der Waals surface area (Å²) >= 11 is 0. The Morgan fingerprint density at radius 2 is 1.67 bits per heavy atom.